The summed E-state index contributed by atoms with van der Waals surface area (Å²) in [5, 5.41) is 10.2. The molecule has 0 aliphatic heterocycles. The lowest BCUT2D eigenvalue weighted by Crippen LogP contribution is -1.81. The lowest BCUT2D eigenvalue weighted by Gasteiger charge is -1.96. The molecule has 0 unspecified atom stereocenters. The van der Waals surface area contributed by atoms with Crippen LogP contribution < -0.4 is 16.2 Å². The molecule has 0 aliphatic carbocycles. The zero-order chi connectivity index (χ0) is 16.4. The molecule has 0 atom stereocenters. The third kappa shape index (κ3) is 3.43. The van der Waals surface area contributed by atoms with Crippen LogP contribution in [0.25, 0.3) is 20.4 Å². The summed E-state index contributed by atoms with van der Waals surface area (Å²) in [6.45, 7) is 0. The molecular formula is C15H14N4O2S2. The van der Waals surface area contributed by atoms with E-state index in [4.69, 9.17) is 21.3 Å². The zero-order valence-electron chi connectivity index (χ0n) is 12.2. The molecule has 8 heteroatoms. The summed E-state index contributed by atoms with van der Waals surface area (Å²) in [7, 11) is 1.64. The third-order valence-electron chi connectivity index (χ3n) is 3.00. The standard InChI is InChI=1S/C8H8N2OS.C7H6N2OS/c1-11-5-2-3-6-7(4-5)12-8(9)10-6;8-7-9-5-2-1-4(10)3-6(5)11-7/h2-4H,1H3,(H2,9,10);1-3,10H,(H2,8,9). The maximum absolute atomic E-state index is 9.08. The van der Waals surface area contributed by atoms with Gasteiger partial charge in [0.2, 0.25) is 0 Å². The molecule has 0 spiro atoms. The van der Waals surface area contributed by atoms with Crippen LogP contribution in [0.4, 0.5) is 10.3 Å². The number of anilines is 2. The number of hydrogen-bond donors (Lipinski definition) is 3. The molecule has 2 aromatic heterocycles. The first-order valence-electron chi connectivity index (χ1n) is 6.60. The minimum atomic E-state index is 0.251. The number of fused-ring (bicyclic) bond motifs is 2. The SMILES string of the molecule is COc1ccc2nc(N)sc2c1.Nc1nc2ccc(O)cc2s1. The van der Waals surface area contributed by atoms with E-state index in [1.54, 1.807) is 25.3 Å². The van der Waals surface area contributed by atoms with Gasteiger partial charge in [0.05, 0.1) is 27.5 Å². The lowest BCUT2D eigenvalue weighted by atomic mass is 10.3. The van der Waals surface area contributed by atoms with E-state index in [2.05, 4.69) is 9.97 Å². The fraction of sp³-hybridized carbons (Fsp3) is 0.0667. The Balaban J connectivity index is 0.000000136. The van der Waals surface area contributed by atoms with Gasteiger partial charge >= 0.3 is 0 Å². The predicted molar refractivity (Wildman–Crippen MR) is 96.3 cm³/mol. The van der Waals surface area contributed by atoms with Crippen LogP contribution in [0.15, 0.2) is 36.4 Å². The molecular weight excluding hydrogens is 332 g/mol. The Morgan fingerprint density at radius 2 is 1.48 bits per heavy atom. The van der Waals surface area contributed by atoms with Crippen LogP contribution in [0, 0.1) is 0 Å². The van der Waals surface area contributed by atoms with Gasteiger partial charge in [0, 0.05) is 0 Å². The first kappa shape index (κ1) is 15.3. The molecule has 0 amide bonds. The van der Waals surface area contributed by atoms with Crippen LogP contribution >= 0.6 is 22.7 Å². The van der Waals surface area contributed by atoms with Crippen LogP contribution in [0.1, 0.15) is 0 Å². The first-order chi connectivity index (χ1) is 11.0. The summed E-state index contributed by atoms with van der Waals surface area (Å²) in [5.74, 6) is 1.09. The third-order valence-corrected chi connectivity index (χ3v) is 4.70. The van der Waals surface area contributed by atoms with Gasteiger partial charge in [-0.3, -0.25) is 0 Å². The molecule has 5 N–H and O–H groups in total. The summed E-state index contributed by atoms with van der Waals surface area (Å²) in [4.78, 5) is 8.17. The maximum atomic E-state index is 9.08. The Morgan fingerprint density at radius 3 is 2.09 bits per heavy atom. The van der Waals surface area contributed by atoms with Crippen LogP contribution in [0.2, 0.25) is 0 Å². The Hall–Kier alpha value is -2.58. The molecule has 23 heavy (non-hydrogen) atoms. The number of nitrogen functional groups attached to an aromatic ring is 2. The molecule has 6 nitrogen and oxygen atoms in total. The molecule has 118 valence electrons. The van der Waals surface area contributed by atoms with Gasteiger partial charge in [0.15, 0.2) is 10.3 Å². The smallest absolute Gasteiger partial charge is 0.181 e. The van der Waals surface area contributed by atoms with Gasteiger partial charge in [-0.15, -0.1) is 0 Å². The summed E-state index contributed by atoms with van der Waals surface area (Å²) in [5.41, 5.74) is 12.8. The number of benzene rings is 2. The Bertz CT molecular complexity index is 965. The fourth-order valence-electron chi connectivity index (χ4n) is 1.98. The van der Waals surface area contributed by atoms with E-state index in [0.29, 0.717) is 10.3 Å². The van der Waals surface area contributed by atoms with E-state index < -0.39 is 0 Å². The minimum absolute atomic E-state index is 0.251. The molecule has 0 fully saturated rings. The highest BCUT2D eigenvalue weighted by atomic mass is 32.1. The van der Waals surface area contributed by atoms with Crippen molar-refractivity contribution in [2.75, 3.05) is 18.6 Å². The van der Waals surface area contributed by atoms with E-state index in [1.165, 1.54) is 22.7 Å². The Morgan fingerprint density at radius 1 is 0.913 bits per heavy atom. The van der Waals surface area contributed by atoms with E-state index in [0.717, 1.165) is 26.2 Å². The highest BCUT2D eigenvalue weighted by Crippen LogP contribution is 2.27. The van der Waals surface area contributed by atoms with Crippen molar-refractivity contribution in [3.8, 4) is 11.5 Å². The average molecular weight is 346 g/mol. The molecule has 4 aromatic rings. The number of rotatable bonds is 1. The van der Waals surface area contributed by atoms with Crippen molar-refractivity contribution in [3.05, 3.63) is 36.4 Å². The largest absolute Gasteiger partial charge is 0.508 e. The highest BCUT2D eigenvalue weighted by Gasteiger charge is 2.01. The highest BCUT2D eigenvalue weighted by molar-refractivity contribution is 7.22. The number of aromatic hydroxyl groups is 1. The van der Waals surface area contributed by atoms with Gasteiger partial charge in [-0.2, -0.15) is 0 Å². The second-order valence-electron chi connectivity index (χ2n) is 4.59. The number of nitrogens with zero attached hydrogens (tertiary/aromatic N) is 2. The first-order valence-corrected chi connectivity index (χ1v) is 8.23. The lowest BCUT2D eigenvalue weighted by molar-refractivity contribution is 0.415. The molecule has 0 radical (unpaired) electrons. The minimum Gasteiger partial charge on any atom is -0.508 e. The summed E-state index contributed by atoms with van der Waals surface area (Å²) < 4.78 is 7.05. The van der Waals surface area contributed by atoms with Crippen molar-refractivity contribution in [1.29, 1.82) is 0 Å². The molecule has 0 saturated heterocycles. The van der Waals surface area contributed by atoms with Gasteiger partial charge in [-0.05, 0) is 36.4 Å². The molecule has 4 rings (SSSR count). The normalized spacial score (nSPS) is 10.5. The number of ether oxygens (including phenoxy) is 1. The number of hydrogen-bond acceptors (Lipinski definition) is 8. The monoisotopic (exact) mass is 346 g/mol. The van der Waals surface area contributed by atoms with Crippen molar-refractivity contribution in [1.82, 2.24) is 9.97 Å². The zero-order valence-corrected chi connectivity index (χ0v) is 13.8. The van der Waals surface area contributed by atoms with Gasteiger partial charge in [0.25, 0.3) is 0 Å². The number of methoxy groups -OCH3 is 1. The Kier molecular flexibility index (Phi) is 4.18. The van der Waals surface area contributed by atoms with Gasteiger partial charge in [-0.25, -0.2) is 9.97 Å². The van der Waals surface area contributed by atoms with Gasteiger partial charge in [0.1, 0.15) is 11.5 Å². The number of phenolic OH excluding ortho intramolecular Hbond substituents is 1. The molecule has 0 saturated carbocycles. The molecule has 2 aromatic carbocycles. The second kappa shape index (κ2) is 6.27. The van der Waals surface area contributed by atoms with E-state index >= 15 is 0 Å². The average Bonchev–Trinajstić information content (AvgIpc) is 3.07. The van der Waals surface area contributed by atoms with Crippen molar-refractivity contribution in [2.45, 2.75) is 0 Å². The predicted octanol–water partition coefficient (Wildman–Crippen LogP) is 3.47. The Labute approximate surface area is 140 Å². The summed E-state index contributed by atoms with van der Waals surface area (Å²) in [6, 6.07) is 10.7. The van der Waals surface area contributed by atoms with Crippen molar-refractivity contribution >= 4 is 53.4 Å². The molecule has 0 bridgehead atoms. The summed E-state index contributed by atoms with van der Waals surface area (Å²) >= 11 is 2.84. The second-order valence-corrected chi connectivity index (χ2v) is 6.71. The fourth-order valence-corrected chi connectivity index (χ4v) is 3.51. The number of phenols is 1. The van der Waals surface area contributed by atoms with E-state index in [9.17, 15) is 0 Å². The van der Waals surface area contributed by atoms with Crippen LogP contribution in [0.3, 0.4) is 0 Å². The van der Waals surface area contributed by atoms with E-state index in [-0.39, 0.29) is 5.75 Å². The van der Waals surface area contributed by atoms with Crippen molar-refractivity contribution in [3.63, 3.8) is 0 Å². The van der Waals surface area contributed by atoms with Crippen molar-refractivity contribution in [2.24, 2.45) is 0 Å². The number of nitrogens with two attached hydrogens (primary N) is 2. The number of thiazole rings is 2. The maximum Gasteiger partial charge on any atom is 0.181 e. The molecule has 2 heterocycles. The van der Waals surface area contributed by atoms with Crippen LogP contribution in [0.5, 0.6) is 11.5 Å². The molecule has 0 aliphatic rings. The summed E-state index contributed by atoms with van der Waals surface area (Å²) in [6.07, 6.45) is 0. The number of aromatic nitrogens is 2. The van der Waals surface area contributed by atoms with Crippen LogP contribution in [-0.4, -0.2) is 22.2 Å². The van der Waals surface area contributed by atoms with Gasteiger partial charge in [-0.1, -0.05) is 22.7 Å². The quantitative estimate of drug-likeness (QED) is 0.487. The van der Waals surface area contributed by atoms with Gasteiger partial charge < -0.3 is 21.3 Å². The van der Waals surface area contributed by atoms with Crippen molar-refractivity contribution < 1.29 is 9.84 Å². The topological polar surface area (TPSA) is 107 Å². The van der Waals surface area contributed by atoms with E-state index in [1.807, 2.05) is 18.2 Å². The van der Waals surface area contributed by atoms with Crippen LogP contribution in [-0.2, 0) is 0 Å².